The van der Waals surface area contributed by atoms with Crippen molar-refractivity contribution in [2.24, 2.45) is 0 Å². The third-order valence-corrected chi connectivity index (χ3v) is 4.66. The SMILES string of the molecule is CC(NCC1(O)CCOC1C)c1cccc2ccccc12. The molecule has 1 aliphatic heterocycles. The Morgan fingerprint density at radius 2 is 2.05 bits per heavy atom. The number of benzene rings is 2. The summed E-state index contributed by atoms with van der Waals surface area (Å²) < 4.78 is 5.49. The fourth-order valence-corrected chi connectivity index (χ4v) is 3.07. The van der Waals surface area contributed by atoms with Crippen molar-refractivity contribution in [2.45, 2.75) is 38.0 Å². The van der Waals surface area contributed by atoms with Gasteiger partial charge in [-0.3, -0.25) is 0 Å². The zero-order valence-corrected chi connectivity index (χ0v) is 12.7. The van der Waals surface area contributed by atoms with Gasteiger partial charge in [0.1, 0.15) is 5.60 Å². The minimum absolute atomic E-state index is 0.107. The van der Waals surface area contributed by atoms with Crippen molar-refractivity contribution >= 4 is 10.8 Å². The molecule has 1 heterocycles. The molecule has 0 amide bonds. The summed E-state index contributed by atoms with van der Waals surface area (Å²) in [6, 6.07) is 15.0. The highest BCUT2D eigenvalue weighted by Crippen LogP contribution is 2.27. The summed E-state index contributed by atoms with van der Waals surface area (Å²) in [6.07, 6.45) is 0.591. The Balaban J connectivity index is 1.77. The van der Waals surface area contributed by atoms with Crippen molar-refractivity contribution in [1.82, 2.24) is 5.32 Å². The molecule has 2 aromatic rings. The number of nitrogens with one attached hydrogen (secondary N) is 1. The topological polar surface area (TPSA) is 41.5 Å². The van der Waals surface area contributed by atoms with Crippen LogP contribution < -0.4 is 5.32 Å². The first-order valence-electron chi connectivity index (χ1n) is 7.65. The van der Waals surface area contributed by atoms with Crippen molar-refractivity contribution in [3.63, 3.8) is 0 Å². The lowest BCUT2D eigenvalue weighted by molar-refractivity contribution is -0.0274. The largest absolute Gasteiger partial charge is 0.386 e. The monoisotopic (exact) mass is 285 g/mol. The van der Waals surface area contributed by atoms with E-state index >= 15 is 0 Å². The Hall–Kier alpha value is -1.42. The van der Waals surface area contributed by atoms with Crippen LogP contribution in [0.4, 0.5) is 0 Å². The molecule has 0 aliphatic carbocycles. The van der Waals surface area contributed by atoms with Crippen LogP contribution in [0.3, 0.4) is 0 Å². The second-order valence-corrected chi connectivity index (χ2v) is 6.04. The van der Waals surface area contributed by atoms with E-state index in [1.807, 2.05) is 6.92 Å². The molecular weight excluding hydrogens is 262 g/mol. The van der Waals surface area contributed by atoms with Gasteiger partial charge in [-0.1, -0.05) is 42.5 Å². The van der Waals surface area contributed by atoms with Crippen molar-refractivity contribution in [3.8, 4) is 0 Å². The van der Waals surface area contributed by atoms with Crippen LogP contribution >= 0.6 is 0 Å². The second kappa shape index (κ2) is 5.76. The number of hydrogen-bond donors (Lipinski definition) is 2. The minimum atomic E-state index is -0.751. The summed E-state index contributed by atoms with van der Waals surface area (Å²) in [7, 11) is 0. The van der Waals surface area contributed by atoms with E-state index in [2.05, 4.69) is 54.7 Å². The smallest absolute Gasteiger partial charge is 0.105 e. The molecule has 1 fully saturated rings. The summed E-state index contributed by atoms with van der Waals surface area (Å²) in [5.74, 6) is 0. The van der Waals surface area contributed by atoms with Crippen molar-refractivity contribution in [1.29, 1.82) is 0 Å². The molecule has 0 bridgehead atoms. The van der Waals surface area contributed by atoms with Gasteiger partial charge >= 0.3 is 0 Å². The number of aliphatic hydroxyl groups is 1. The van der Waals surface area contributed by atoms with Crippen LogP contribution in [0, 0.1) is 0 Å². The summed E-state index contributed by atoms with van der Waals surface area (Å²) in [5, 5.41) is 16.6. The third kappa shape index (κ3) is 2.82. The molecule has 3 atom stereocenters. The average molecular weight is 285 g/mol. The molecule has 3 nitrogen and oxygen atoms in total. The Bertz CT molecular complexity index is 622. The number of hydrogen-bond acceptors (Lipinski definition) is 3. The Labute approximate surface area is 125 Å². The van der Waals surface area contributed by atoms with Gasteiger partial charge in [-0.05, 0) is 30.2 Å². The van der Waals surface area contributed by atoms with Crippen LogP contribution in [0.25, 0.3) is 10.8 Å². The van der Waals surface area contributed by atoms with Gasteiger partial charge in [0.2, 0.25) is 0 Å². The highest BCUT2D eigenvalue weighted by molar-refractivity contribution is 5.86. The number of ether oxygens (including phenoxy) is 1. The van der Waals surface area contributed by atoms with Crippen molar-refractivity contribution < 1.29 is 9.84 Å². The lowest BCUT2D eigenvalue weighted by atomic mass is 9.95. The number of rotatable bonds is 4. The maximum Gasteiger partial charge on any atom is 0.105 e. The first-order chi connectivity index (χ1) is 10.1. The van der Waals surface area contributed by atoms with E-state index in [4.69, 9.17) is 4.74 Å². The summed E-state index contributed by atoms with van der Waals surface area (Å²) in [6.45, 7) is 5.28. The standard InChI is InChI=1S/C18H23NO2/c1-13(19-12-18(20)10-11-21-14(18)2)16-9-5-7-15-6-3-4-8-17(15)16/h3-9,13-14,19-20H,10-12H2,1-2H3. The van der Waals surface area contributed by atoms with Crippen LogP contribution in [-0.2, 0) is 4.74 Å². The van der Waals surface area contributed by atoms with E-state index in [-0.39, 0.29) is 12.1 Å². The molecule has 0 spiro atoms. The first-order valence-corrected chi connectivity index (χ1v) is 7.65. The van der Waals surface area contributed by atoms with E-state index in [0.29, 0.717) is 19.6 Å². The van der Waals surface area contributed by atoms with Gasteiger partial charge in [-0.2, -0.15) is 0 Å². The fraction of sp³-hybridized carbons (Fsp3) is 0.444. The molecule has 3 rings (SSSR count). The van der Waals surface area contributed by atoms with Gasteiger partial charge in [0.05, 0.1) is 6.10 Å². The van der Waals surface area contributed by atoms with E-state index in [0.717, 1.165) is 0 Å². The molecule has 0 saturated carbocycles. The van der Waals surface area contributed by atoms with Crippen LogP contribution in [-0.4, -0.2) is 30.0 Å². The first kappa shape index (κ1) is 14.5. The molecule has 1 saturated heterocycles. The van der Waals surface area contributed by atoms with Crippen LogP contribution in [0.1, 0.15) is 31.9 Å². The zero-order valence-electron chi connectivity index (χ0n) is 12.7. The highest BCUT2D eigenvalue weighted by atomic mass is 16.5. The molecule has 3 unspecified atom stereocenters. The molecule has 1 aliphatic rings. The maximum absolute atomic E-state index is 10.6. The van der Waals surface area contributed by atoms with Gasteiger partial charge in [0.25, 0.3) is 0 Å². The van der Waals surface area contributed by atoms with Gasteiger partial charge < -0.3 is 15.2 Å². The Morgan fingerprint density at radius 3 is 2.81 bits per heavy atom. The molecule has 3 heteroatoms. The van der Waals surface area contributed by atoms with Crippen molar-refractivity contribution in [3.05, 3.63) is 48.0 Å². The van der Waals surface area contributed by atoms with Crippen LogP contribution in [0.2, 0.25) is 0 Å². The van der Waals surface area contributed by atoms with Gasteiger partial charge in [0, 0.05) is 25.6 Å². The van der Waals surface area contributed by atoms with E-state index in [1.54, 1.807) is 0 Å². The Kier molecular flexibility index (Phi) is 3.98. The normalized spacial score (nSPS) is 27.1. The molecule has 2 aromatic carbocycles. The molecule has 21 heavy (non-hydrogen) atoms. The number of fused-ring (bicyclic) bond motifs is 1. The molecule has 0 aromatic heterocycles. The van der Waals surface area contributed by atoms with E-state index in [1.165, 1.54) is 16.3 Å². The maximum atomic E-state index is 10.6. The molecule has 2 N–H and O–H groups in total. The predicted molar refractivity (Wildman–Crippen MR) is 85.3 cm³/mol. The van der Waals surface area contributed by atoms with Crippen LogP contribution in [0.5, 0.6) is 0 Å². The average Bonchev–Trinajstić information content (AvgIpc) is 2.84. The minimum Gasteiger partial charge on any atom is -0.386 e. The second-order valence-electron chi connectivity index (χ2n) is 6.04. The fourth-order valence-electron chi connectivity index (χ4n) is 3.07. The van der Waals surface area contributed by atoms with E-state index in [9.17, 15) is 5.11 Å². The summed E-state index contributed by atoms with van der Waals surface area (Å²) in [4.78, 5) is 0. The lowest BCUT2D eigenvalue weighted by Gasteiger charge is -2.28. The van der Waals surface area contributed by atoms with Crippen LogP contribution in [0.15, 0.2) is 42.5 Å². The summed E-state index contributed by atoms with van der Waals surface area (Å²) >= 11 is 0. The van der Waals surface area contributed by atoms with Gasteiger partial charge in [-0.15, -0.1) is 0 Å². The third-order valence-electron chi connectivity index (χ3n) is 4.66. The highest BCUT2D eigenvalue weighted by Gasteiger charge is 2.39. The molecule has 112 valence electrons. The zero-order chi connectivity index (χ0) is 14.9. The quantitative estimate of drug-likeness (QED) is 0.907. The lowest BCUT2D eigenvalue weighted by Crippen LogP contribution is -2.46. The predicted octanol–water partition coefficient (Wildman–Crippen LogP) is 3.03. The van der Waals surface area contributed by atoms with Gasteiger partial charge in [0.15, 0.2) is 0 Å². The van der Waals surface area contributed by atoms with Gasteiger partial charge in [-0.25, -0.2) is 0 Å². The molecule has 0 radical (unpaired) electrons. The molecular formula is C18H23NO2. The Morgan fingerprint density at radius 1 is 1.29 bits per heavy atom. The van der Waals surface area contributed by atoms with E-state index < -0.39 is 5.60 Å². The summed E-state index contributed by atoms with van der Waals surface area (Å²) in [5.41, 5.74) is 0.516. The van der Waals surface area contributed by atoms with Crippen molar-refractivity contribution in [2.75, 3.05) is 13.2 Å².